The maximum atomic E-state index is 3.81. The lowest BCUT2D eigenvalue weighted by Crippen LogP contribution is -2.63. The van der Waals surface area contributed by atoms with E-state index in [4.69, 9.17) is 0 Å². The molecule has 0 bridgehead atoms. The monoisotopic (exact) mass is 796 g/mol. The highest BCUT2D eigenvalue weighted by molar-refractivity contribution is 9.33. The third-order valence-corrected chi connectivity index (χ3v) is 18.1. The number of para-hydroxylation sites is 1. The summed E-state index contributed by atoms with van der Waals surface area (Å²) in [6, 6.07) is 9.97. The summed E-state index contributed by atoms with van der Waals surface area (Å²) in [5, 5.41) is 3.49. The van der Waals surface area contributed by atoms with Gasteiger partial charge in [-0.15, -0.1) is 0 Å². The molecule has 9 heteroatoms. The summed E-state index contributed by atoms with van der Waals surface area (Å²) in [6.07, 6.45) is 2.04. The first kappa shape index (κ1) is 19.9. The second-order valence-electron chi connectivity index (χ2n) is 4.42. The first-order chi connectivity index (χ1) is 9.46. The molecule has 0 saturated heterocycles. The molecule has 0 amide bonds. The average molecular weight is 804 g/mol. The van der Waals surface area contributed by atoms with Crippen LogP contribution in [0.15, 0.2) is 40.9 Å². The fourth-order valence-corrected chi connectivity index (χ4v) is 8.51. The van der Waals surface area contributed by atoms with Crippen LogP contribution in [-0.4, -0.2) is 14.1 Å². The Kier molecular flexibility index (Phi) is 6.38. The van der Waals surface area contributed by atoms with Crippen LogP contribution in [0.4, 0.5) is 5.69 Å². The number of halogens is 8. The van der Waals surface area contributed by atoms with E-state index in [1.165, 1.54) is 0 Å². The molecule has 1 aromatic carbocycles. The third kappa shape index (κ3) is 3.34. The van der Waals surface area contributed by atoms with Gasteiger partial charge in [-0.1, -0.05) is 146 Å². The van der Waals surface area contributed by atoms with Gasteiger partial charge in [0.25, 0.3) is 0 Å². The van der Waals surface area contributed by atoms with Crippen LogP contribution in [0.5, 0.6) is 0 Å². The van der Waals surface area contributed by atoms with Gasteiger partial charge in [0.1, 0.15) is 14.1 Å². The smallest absolute Gasteiger partial charge is 0.144 e. The van der Waals surface area contributed by atoms with Gasteiger partial charge in [0.15, 0.2) is 0 Å². The summed E-state index contributed by atoms with van der Waals surface area (Å²) < 4.78 is -1.54. The molecule has 1 N–H and O–H groups in total. The Hall–Kier alpha value is 2.60. The fourth-order valence-electron chi connectivity index (χ4n) is 1.78. The van der Waals surface area contributed by atoms with E-state index >= 15 is 0 Å². The number of alkyl halides is 7. The molecule has 1 aromatic rings. The van der Waals surface area contributed by atoms with Crippen LogP contribution >= 0.6 is 127 Å². The van der Waals surface area contributed by atoms with Gasteiger partial charge in [-0.2, -0.15) is 0 Å². The van der Waals surface area contributed by atoms with Gasteiger partial charge >= 0.3 is 0 Å². The SMILES string of the molecule is BrC1=CC(Br)(Nc2ccccc2)C(Br)(Br)C(Br)(Br)C1(Br)Br. The molecule has 1 nitrogen and oxygen atoms in total. The van der Waals surface area contributed by atoms with E-state index in [2.05, 4.69) is 133 Å². The maximum Gasteiger partial charge on any atom is 0.144 e. The van der Waals surface area contributed by atoms with Crippen LogP contribution in [0.2, 0.25) is 0 Å². The van der Waals surface area contributed by atoms with Crippen LogP contribution in [0.3, 0.4) is 0 Å². The summed E-state index contributed by atoms with van der Waals surface area (Å²) in [6.45, 7) is 0. The van der Waals surface area contributed by atoms with E-state index in [-0.39, 0.29) is 0 Å². The van der Waals surface area contributed by atoms with Crippen molar-refractivity contribution in [3.05, 3.63) is 40.9 Å². The van der Waals surface area contributed by atoms with Crippen LogP contribution < -0.4 is 5.32 Å². The minimum atomic E-state index is -0.639. The summed E-state index contributed by atoms with van der Waals surface area (Å²) in [4.78, 5) is 0. The molecule has 0 radical (unpaired) electrons. The van der Waals surface area contributed by atoms with Gasteiger partial charge in [0.05, 0.1) is 0 Å². The van der Waals surface area contributed by atoms with E-state index in [0.717, 1.165) is 10.2 Å². The van der Waals surface area contributed by atoms with Gasteiger partial charge in [0.2, 0.25) is 0 Å². The molecular formula is C12H7Br8N. The molecule has 0 heterocycles. The minimum absolute atomic E-state index is 0.560. The molecule has 0 fully saturated rings. The molecule has 1 aliphatic rings. The second-order valence-corrected chi connectivity index (χ2v) is 16.9. The lowest BCUT2D eigenvalue weighted by molar-refractivity contribution is 0.634. The van der Waals surface area contributed by atoms with Crippen LogP contribution in [0.1, 0.15) is 0 Å². The van der Waals surface area contributed by atoms with Gasteiger partial charge < -0.3 is 5.32 Å². The number of hydrogen-bond acceptors (Lipinski definition) is 1. The number of rotatable bonds is 2. The lowest BCUT2D eigenvalue weighted by atomic mass is 10.0. The van der Waals surface area contributed by atoms with E-state index in [0.29, 0.717) is 0 Å². The number of allylic oxidation sites excluding steroid dienone is 1. The van der Waals surface area contributed by atoms with Crippen molar-refractivity contribution in [2.75, 3.05) is 5.32 Å². The molecular weight excluding hydrogens is 797 g/mol. The van der Waals surface area contributed by atoms with Crippen molar-refractivity contribution in [2.45, 2.75) is 14.1 Å². The predicted molar refractivity (Wildman–Crippen MR) is 120 cm³/mol. The van der Waals surface area contributed by atoms with Crippen LogP contribution in [0, 0.1) is 0 Å². The Balaban J connectivity index is 2.55. The second kappa shape index (κ2) is 6.72. The first-order valence-corrected chi connectivity index (χ1v) is 11.8. The number of anilines is 1. The van der Waals surface area contributed by atoms with Crippen LogP contribution in [0.25, 0.3) is 0 Å². The van der Waals surface area contributed by atoms with Crippen molar-refractivity contribution in [3.8, 4) is 0 Å². The van der Waals surface area contributed by atoms with Crippen molar-refractivity contribution >= 4 is 133 Å². The molecule has 21 heavy (non-hydrogen) atoms. The van der Waals surface area contributed by atoms with E-state index < -0.39 is 14.1 Å². The number of benzene rings is 1. The predicted octanol–water partition coefficient (Wildman–Crippen LogP) is 7.94. The third-order valence-electron chi connectivity index (χ3n) is 2.97. The number of nitrogens with one attached hydrogen (secondary N) is 1. The van der Waals surface area contributed by atoms with Gasteiger partial charge in [-0.3, -0.25) is 0 Å². The summed E-state index contributed by atoms with van der Waals surface area (Å²) >= 11 is 29.9. The molecule has 1 unspecified atom stereocenters. The molecule has 0 saturated carbocycles. The largest absolute Gasteiger partial charge is 0.365 e. The summed E-state index contributed by atoms with van der Waals surface area (Å²) in [7, 11) is 0. The molecule has 2 rings (SSSR count). The van der Waals surface area contributed by atoms with Gasteiger partial charge in [0, 0.05) is 10.2 Å². The standard InChI is InChI=1S/C12H7Br8N/c13-8-6-9(14,21-7-4-2-1-3-5-7)11(17,18)12(19,20)10(8,15)16/h1-6,21H. The highest BCUT2D eigenvalue weighted by atomic mass is 79.9. The van der Waals surface area contributed by atoms with Crippen molar-refractivity contribution in [2.24, 2.45) is 0 Å². The maximum absolute atomic E-state index is 3.81. The van der Waals surface area contributed by atoms with E-state index in [1.807, 2.05) is 36.4 Å². The quantitative estimate of drug-likeness (QED) is 0.237. The Morgan fingerprint density at radius 2 is 1.29 bits per heavy atom. The Morgan fingerprint density at radius 1 is 0.762 bits per heavy atom. The summed E-state index contributed by atoms with van der Waals surface area (Å²) in [5.41, 5.74) is 0.988. The normalized spacial score (nSPS) is 29.6. The minimum Gasteiger partial charge on any atom is -0.365 e. The van der Waals surface area contributed by atoms with Crippen LogP contribution in [-0.2, 0) is 0 Å². The molecule has 1 aliphatic carbocycles. The molecule has 0 aliphatic heterocycles. The zero-order valence-electron chi connectivity index (χ0n) is 9.99. The highest BCUT2D eigenvalue weighted by Gasteiger charge is 2.69. The zero-order valence-corrected chi connectivity index (χ0v) is 22.7. The first-order valence-electron chi connectivity index (χ1n) is 5.50. The van der Waals surface area contributed by atoms with Crippen molar-refractivity contribution in [1.29, 1.82) is 0 Å². The molecule has 1 atom stereocenters. The Bertz CT molecular complexity index is 568. The highest BCUT2D eigenvalue weighted by Crippen LogP contribution is 2.70. The van der Waals surface area contributed by atoms with Gasteiger partial charge in [-0.05, 0) is 18.2 Å². The lowest BCUT2D eigenvalue weighted by Gasteiger charge is -2.54. The van der Waals surface area contributed by atoms with E-state index in [9.17, 15) is 0 Å². The summed E-state index contributed by atoms with van der Waals surface area (Å²) in [5.74, 6) is 0. The van der Waals surface area contributed by atoms with Crippen molar-refractivity contribution in [1.82, 2.24) is 0 Å². The number of hydrogen-bond donors (Lipinski definition) is 1. The average Bonchev–Trinajstić information content (AvgIpc) is 2.37. The Labute approximate surface area is 190 Å². The topological polar surface area (TPSA) is 12.0 Å². The Morgan fingerprint density at radius 3 is 1.81 bits per heavy atom. The van der Waals surface area contributed by atoms with Crippen molar-refractivity contribution < 1.29 is 0 Å². The zero-order chi connectivity index (χ0) is 16.1. The van der Waals surface area contributed by atoms with Crippen molar-refractivity contribution in [3.63, 3.8) is 0 Å². The molecule has 0 spiro atoms. The fraction of sp³-hybridized carbons (Fsp3) is 0.333. The molecule has 116 valence electrons. The molecule has 0 aromatic heterocycles. The van der Waals surface area contributed by atoms with Gasteiger partial charge in [-0.25, -0.2) is 0 Å². The van der Waals surface area contributed by atoms with E-state index in [1.54, 1.807) is 0 Å².